The minimum Gasteiger partial charge on any atom is -0.494 e. The lowest BCUT2D eigenvalue weighted by Crippen LogP contribution is -2.39. The zero-order chi connectivity index (χ0) is 15.6. The lowest BCUT2D eigenvalue weighted by Gasteiger charge is -2.19. The van der Waals surface area contributed by atoms with Crippen molar-refractivity contribution in [3.63, 3.8) is 0 Å². The molecule has 1 aromatic carbocycles. The number of aromatic nitrogens is 2. The molecule has 0 saturated heterocycles. The van der Waals surface area contributed by atoms with Gasteiger partial charge in [-0.25, -0.2) is 15.8 Å². The van der Waals surface area contributed by atoms with Gasteiger partial charge >= 0.3 is 0 Å². The number of rotatable bonds is 4. The van der Waals surface area contributed by atoms with Gasteiger partial charge in [-0.3, -0.25) is 10.2 Å². The van der Waals surface area contributed by atoms with Gasteiger partial charge in [0, 0.05) is 5.39 Å². The van der Waals surface area contributed by atoms with Crippen LogP contribution >= 0.6 is 11.6 Å². The Bertz CT molecular complexity index is 678. The second-order valence-electron chi connectivity index (χ2n) is 4.46. The first kappa shape index (κ1) is 15.4. The summed E-state index contributed by atoms with van der Waals surface area (Å²) in [6, 6.07) is 5.18. The lowest BCUT2D eigenvalue weighted by molar-refractivity contribution is -0.124. The fraction of sp³-hybridized carbons (Fsp3) is 0.308. The maximum atomic E-state index is 11.9. The summed E-state index contributed by atoms with van der Waals surface area (Å²) < 4.78 is 5.23. The summed E-state index contributed by atoms with van der Waals surface area (Å²) >= 11 is 5.93. The third-order valence-corrected chi connectivity index (χ3v) is 3.28. The summed E-state index contributed by atoms with van der Waals surface area (Å²) in [5.74, 6) is 4.14. The van der Waals surface area contributed by atoms with Crippen LogP contribution in [0.5, 0.6) is 5.75 Å². The number of benzene rings is 1. The van der Waals surface area contributed by atoms with Crippen molar-refractivity contribution in [2.24, 2.45) is 5.84 Å². The quantitative estimate of drug-likeness (QED) is 0.332. The smallest absolute Gasteiger partial charge is 0.245 e. The number of aliphatic hydroxyl groups is 1. The fourth-order valence-corrected chi connectivity index (χ4v) is 2.36. The SMILES string of the molecule is COc1cccc2c(C(C(=O)NN)C(C)O)nc(Cl)nc12. The number of para-hydroxylation sites is 1. The largest absolute Gasteiger partial charge is 0.494 e. The highest BCUT2D eigenvalue weighted by atomic mass is 35.5. The number of carbonyl (C=O) groups excluding carboxylic acids is 1. The topological polar surface area (TPSA) is 110 Å². The summed E-state index contributed by atoms with van der Waals surface area (Å²) in [5, 5.41) is 10.4. The van der Waals surface area contributed by atoms with E-state index >= 15 is 0 Å². The van der Waals surface area contributed by atoms with Crippen molar-refractivity contribution in [3.8, 4) is 5.75 Å². The molecular weight excluding hydrogens is 296 g/mol. The number of methoxy groups -OCH3 is 1. The standard InChI is InChI=1S/C13H15ClN4O3/c1-6(19)9(12(20)18-15)11-7-4-3-5-8(21-2)10(7)16-13(14)17-11/h3-6,9,19H,15H2,1-2H3,(H,18,20). The Labute approximate surface area is 126 Å². The normalized spacial score (nSPS) is 13.8. The van der Waals surface area contributed by atoms with Crippen molar-refractivity contribution < 1.29 is 14.6 Å². The van der Waals surface area contributed by atoms with Crippen molar-refractivity contribution in [1.29, 1.82) is 0 Å². The summed E-state index contributed by atoms with van der Waals surface area (Å²) in [5.41, 5.74) is 2.78. The first-order valence-electron chi connectivity index (χ1n) is 6.18. The molecule has 4 N–H and O–H groups in total. The van der Waals surface area contributed by atoms with Gasteiger partial charge in [-0.15, -0.1) is 0 Å². The van der Waals surface area contributed by atoms with Gasteiger partial charge in [0.25, 0.3) is 0 Å². The van der Waals surface area contributed by atoms with Crippen molar-refractivity contribution in [2.45, 2.75) is 18.9 Å². The number of nitrogens with one attached hydrogen (secondary N) is 1. The number of amides is 1. The Morgan fingerprint density at radius 2 is 2.19 bits per heavy atom. The van der Waals surface area contributed by atoms with E-state index in [1.54, 1.807) is 18.2 Å². The van der Waals surface area contributed by atoms with Gasteiger partial charge in [-0.1, -0.05) is 12.1 Å². The molecule has 0 spiro atoms. The van der Waals surface area contributed by atoms with Crippen LogP contribution in [0.3, 0.4) is 0 Å². The molecule has 0 aliphatic rings. The van der Waals surface area contributed by atoms with Crippen molar-refractivity contribution >= 4 is 28.4 Å². The van der Waals surface area contributed by atoms with Gasteiger partial charge in [-0.05, 0) is 24.6 Å². The van der Waals surface area contributed by atoms with Crippen LogP contribution in [0.4, 0.5) is 0 Å². The second kappa shape index (κ2) is 6.21. The molecule has 8 heteroatoms. The van der Waals surface area contributed by atoms with E-state index in [9.17, 15) is 9.90 Å². The Morgan fingerprint density at radius 1 is 1.48 bits per heavy atom. The molecular formula is C13H15ClN4O3. The number of fused-ring (bicyclic) bond motifs is 1. The van der Waals surface area contributed by atoms with Crippen molar-refractivity contribution in [1.82, 2.24) is 15.4 Å². The average molecular weight is 311 g/mol. The van der Waals surface area contributed by atoms with Crippen molar-refractivity contribution in [3.05, 3.63) is 29.2 Å². The Hall–Kier alpha value is -1.96. The molecule has 1 aromatic heterocycles. The number of ether oxygens (including phenoxy) is 1. The van der Waals surface area contributed by atoms with Crippen LogP contribution in [0.25, 0.3) is 10.9 Å². The molecule has 0 fully saturated rings. The minimum absolute atomic E-state index is 0.0440. The number of nitrogens with zero attached hydrogens (tertiary/aromatic N) is 2. The monoisotopic (exact) mass is 310 g/mol. The van der Waals surface area contributed by atoms with Crippen LogP contribution in [-0.4, -0.2) is 34.2 Å². The molecule has 2 atom stereocenters. The number of nitrogens with two attached hydrogens (primary N) is 1. The number of hydrazine groups is 1. The summed E-state index contributed by atoms with van der Waals surface area (Å²) in [4.78, 5) is 20.1. The van der Waals surface area contributed by atoms with E-state index in [1.165, 1.54) is 14.0 Å². The van der Waals surface area contributed by atoms with E-state index in [-0.39, 0.29) is 5.28 Å². The van der Waals surface area contributed by atoms with Crippen LogP contribution in [0, 0.1) is 0 Å². The second-order valence-corrected chi connectivity index (χ2v) is 4.80. The number of halogens is 1. The molecule has 0 bridgehead atoms. The Morgan fingerprint density at radius 3 is 2.76 bits per heavy atom. The predicted molar refractivity (Wildman–Crippen MR) is 77.9 cm³/mol. The average Bonchev–Trinajstić information content (AvgIpc) is 2.46. The van der Waals surface area contributed by atoms with Crippen LogP contribution in [0.15, 0.2) is 18.2 Å². The minimum atomic E-state index is -1.01. The first-order valence-corrected chi connectivity index (χ1v) is 6.56. The molecule has 112 valence electrons. The zero-order valence-corrected chi connectivity index (χ0v) is 12.3. The highest BCUT2D eigenvalue weighted by Gasteiger charge is 2.29. The van der Waals surface area contributed by atoms with E-state index in [2.05, 4.69) is 9.97 Å². The van der Waals surface area contributed by atoms with Gasteiger partial charge in [0.15, 0.2) is 0 Å². The summed E-state index contributed by atoms with van der Waals surface area (Å²) in [6.45, 7) is 1.47. The molecule has 21 heavy (non-hydrogen) atoms. The summed E-state index contributed by atoms with van der Waals surface area (Å²) in [6.07, 6.45) is -1.01. The maximum absolute atomic E-state index is 11.9. The van der Waals surface area contributed by atoms with E-state index in [4.69, 9.17) is 22.2 Å². The Balaban J connectivity index is 2.75. The van der Waals surface area contributed by atoms with E-state index in [1.807, 2.05) is 5.43 Å². The lowest BCUT2D eigenvalue weighted by atomic mass is 9.95. The zero-order valence-electron chi connectivity index (χ0n) is 11.5. The molecule has 2 unspecified atom stereocenters. The van der Waals surface area contributed by atoms with Crippen molar-refractivity contribution in [2.75, 3.05) is 7.11 Å². The Kier molecular flexibility index (Phi) is 4.56. The molecule has 0 aliphatic heterocycles. The van der Waals surface area contributed by atoms with Crippen LogP contribution in [0.1, 0.15) is 18.5 Å². The van der Waals surface area contributed by atoms with E-state index in [0.29, 0.717) is 22.3 Å². The molecule has 2 aromatic rings. The number of carbonyl (C=O) groups is 1. The van der Waals surface area contributed by atoms with Gasteiger partial charge in [0.05, 0.1) is 18.9 Å². The van der Waals surface area contributed by atoms with Crippen LogP contribution in [-0.2, 0) is 4.79 Å². The third kappa shape index (κ3) is 2.90. The first-order chi connectivity index (χ1) is 9.99. The van der Waals surface area contributed by atoms with E-state index < -0.39 is 17.9 Å². The van der Waals surface area contributed by atoms with Crippen LogP contribution in [0.2, 0.25) is 5.28 Å². The van der Waals surface area contributed by atoms with Gasteiger partial charge in [0.1, 0.15) is 17.2 Å². The van der Waals surface area contributed by atoms with Crippen LogP contribution < -0.4 is 16.0 Å². The molecule has 0 aliphatic carbocycles. The number of hydrogen-bond acceptors (Lipinski definition) is 6. The van der Waals surface area contributed by atoms with Gasteiger partial charge in [0.2, 0.25) is 11.2 Å². The third-order valence-electron chi connectivity index (χ3n) is 3.11. The number of aliphatic hydroxyl groups excluding tert-OH is 1. The highest BCUT2D eigenvalue weighted by Crippen LogP contribution is 2.31. The molecule has 7 nitrogen and oxygen atoms in total. The molecule has 1 amide bonds. The predicted octanol–water partition coefficient (Wildman–Crippen LogP) is 0.746. The molecule has 0 saturated carbocycles. The molecule has 0 radical (unpaired) electrons. The highest BCUT2D eigenvalue weighted by molar-refractivity contribution is 6.28. The fourth-order valence-electron chi connectivity index (χ4n) is 2.18. The molecule has 2 rings (SSSR count). The summed E-state index contributed by atoms with van der Waals surface area (Å²) in [7, 11) is 1.50. The van der Waals surface area contributed by atoms with Gasteiger partial charge in [-0.2, -0.15) is 0 Å². The van der Waals surface area contributed by atoms with Gasteiger partial charge < -0.3 is 9.84 Å². The molecule has 1 heterocycles. The van der Waals surface area contributed by atoms with E-state index in [0.717, 1.165) is 0 Å². The maximum Gasteiger partial charge on any atom is 0.245 e. The number of hydrogen-bond donors (Lipinski definition) is 3.